The van der Waals surface area contributed by atoms with Crippen LogP contribution in [-0.2, 0) is 10.0 Å². The van der Waals surface area contributed by atoms with Crippen molar-refractivity contribution in [3.05, 3.63) is 71.4 Å². The van der Waals surface area contributed by atoms with Gasteiger partial charge in [0.2, 0.25) is 10.0 Å². The quantitative estimate of drug-likeness (QED) is 0.515. The molecule has 1 aromatic carbocycles. The van der Waals surface area contributed by atoms with Crippen molar-refractivity contribution < 1.29 is 17.6 Å². The molecule has 2 heterocycles. The molecule has 9 heteroatoms. The van der Waals surface area contributed by atoms with E-state index in [1.54, 1.807) is 30.5 Å². The average Bonchev–Trinajstić information content (AvgIpc) is 3.23. The standard InChI is InChI=1S/C18H18N4O4S/c1-12-10-14(11-20-21-18(23)17-4-3-9-26-17)13(2)22(12)15-5-7-16(8-6-15)27(19,24)25/h3-11H,1-2H3,(H,21,23)(H2,19,24,25)/b20-11-. The zero-order valence-corrected chi connectivity index (χ0v) is 15.5. The molecule has 3 rings (SSSR count). The van der Waals surface area contributed by atoms with Crippen molar-refractivity contribution in [3.63, 3.8) is 0 Å². The number of amides is 1. The molecule has 0 aliphatic rings. The highest BCUT2D eigenvalue weighted by Crippen LogP contribution is 2.21. The molecule has 0 bridgehead atoms. The monoisotopic (exact) mass is 386 g/mol. The van der Waals surface area contributed by atoms with Crippen LogP contribution in [-0.4, -0.2) is 25.1 Å². The van der Waals surface area contributed by atoms with E-state index in [-0.39, 0.29) is 10.7 Å². The molecule has 27 heavy (non-hydrogen) atoms. The molecule has 3 aromatic rings. The molecular formula is C18H18N4O4S. The predicted molar refractivity (Wildman–Crippen MR) is 100 cm³/mol. The van der Waals surface area contributed by atoms with Gasteiger partial charge >= 0.3 is 5.91 Å². The van der Waals surface area contributed by atoms with Crippen LogP contribution in [0.5, 0.6) is 0 Å². The molecule has 2 aromatic heterocycles. The molecule has 0 aliphatic heterocycles. The van der Waals surface area contributed by atoms with Crippen LogP contribution in [0.3, 0.4) is 0 Å². The van der Waals surface area contributed by atoms with E-state index in [1.807, 2.05) is 24.5 Å². The molecule has 0 spiro atoms. The summed E-state index contributed by atoms with van der Waals surface area (Å²) in [7, 11) is -3.73. The van der Waals surface area contributed by atoms with Gasteiger partial charge in [0.15, 0.2) is 5.76 Å². The van der Waals surface area contributed by atoms with E-state index >= 15 is 0 Å². The first kappa shape index (κ1) is 18.6. The number of furan rings is 1. The van der Waals surface area contributed by atoms with Crippen molar-refractivity contribution in [1.29, 1.82) is 0 Å². The first-order valence-electron chi connectivity index (χ1n) is 7.96. The number of benzene rings is 1. The van der Waals surface area contributed by atoms with Crippen molar-refractivity contribution in [1.82, 2.24) is 9.99 Å². The lowest BCUT2D eigenvalue weighted by Crippen LogP contribution is -2.16. The van der Waals surface area contributed by atoms with Crippen LogP contribution in [0.2, 0.25) is 0 Å². The Bertz CT molecular complexity index is 1100. The number of nitrogens with one attached hydrogen (secondary N) is 1. The minimum Gasteiger partial charge on any atom is -0.459 e. The highest BCUT2D eigenvalue weighted by molar-refractivity contribution is 7.89. The van der Waals surface area contributed by atoms with Gasteiger partial charge in [-0.15, -0.1) is 0 Å². The fourth-order valence-corrected chi connectivity index (χ4v) is 3.24. The van der Waals surface area contributed by atoms with Crippen LogP contribution in [0.4, 0.5) is 0 Å². The molecule has 1 amide bonds. The maximum Gasteiger partial charge on any atom is 0.307 e. The second kappa shape index (κ2) is 7.22. The predicted octanol–water partition coefficient (Wildman–Crippen LogP) is 2.10. The number of hydrogen-bond donors (Lipinski definition) is 2. The molecule has 0 saturated carbocycles. The Balaban J connectivity index is 1.82. The Morgan fingerprint density at radius 1 is 1.22 bits per heavy atom. The topological polar surface area (TPSA) is 120 Å². The summed E-state index contributed by atoms with van der Waals surface area (Å²) in [4.78, 5) is 11.9. The zero-order valence-electron chi connectivity index (χ0n) is 14.7. The highest BCUT2D eigenvalue weighted by atomic mass is 32.2. The molecule has 0 saturated heterocycles. The number of carbonyl (C=O) groups is 1. The van der Waals surface area contributed by atoms with Gasteiger partial charge in [-0.3, -0.25) is 4.79 Å². The number of sulfonamides is 1. The van der Waals surface area contributed by atoms with E-state index < -0.39 is 15.9 Å². The SMILES string of the molecule is Cc1cc(/C=N\NC(=O)c2ccco2)c(C)n1-c1ccc(S(N)(=O)=O)cc1. The van der Waals surface area contributed by atoms with Gasteiger partial charge < -0.3 is 8.98 Å². The molecule has 140 valence electrons. The second-order valence-electron chi connectivity index (χ2n) is 5.88. The summed E-state index contributed by atoms with van der Waals surface area (Å²) in [6.45, 7) is 3.82. The maximum absolute atomic E-state index is 11.8. The third-order valence-electron chi connectivity index (χ3n) is 4.01. The number of hydrazone groups is 1. The van der Waals surface area contributed by atoms with E-state index in [9.17, 15) is 13.2 Å². The van der Waals surface area contributed by atoms with Crippen molar-refractivity contribution >= 4 is 22.1 Å². The number of aromatic nitrogens is 1. The Morgan fingerprint density at radius 3 is 2.52 bits per heavy atom. The van der Waals surface area contributed by atoms with Crippen molar-refractivity contribution in [2.45, 2.75) is 18.7 Å². The van der Waals surface area contributed by atoms with E-state index in [0.717, 1.165) is 22.6 Å². The molecule has 0 aliphatic carbocycles. The van der Waals surface area contributed by atoms with Gasteiger partial charge in [0, 0.05) is 22.6 Å². The second-order valence-corrected chi connectivity index (χ2v) is 7.44. The Labute approximate surface area is 156 Å². The number of carbonyl (C=O) groups excluding carboxylic acids is 1. The van der Waals surface area contributed by atoms with Gasteiger partial charge in [-0.25, -0.2) is 19.0 Å². The van der Waals surface area contributed by atoms with Crippen molar-refractivity contribution in [3.8, 4) is 5.69 Å². The largest absolute Gasteiger partial charge is 0.459 e. The van der Waals surface area contributed by atoms with E-state index in [2.05, 4.69) is 10.5 Å². The molecule has 0 radical (unpaired) electrons. The number of primary sulfonamides is 1. The maximum atomic E-state index is 11.8. The first-order valence-corrected chi connectivity index (χ1v) is 9.51. The number of aryl methyl sites for hydroxylation is 1. The van der Waals surface area contributed by atoms with Crippen LogP contribution in [0, 0.1) is 13.8 Å². The molecule has 0 unspecified atom stereocenters. The Kier molecular flexibility index (Phi) is 4.98. The van der Waals surface area contributed by atoms with Gasteiger partial charge in [0.05, 0.1) is 17.4 Å². The smallest absolute Gasteiger partial charge is 0.307 e. The Hall–Kier alpha value is -3.17. The summed E-state index contributed by atoms with van der Waals surface area (Å²) in [6.07, 6.45) is 2.95. The lowest BCUT2D eigenvalue weighted by atomic mass is 10.2. The van der Waals surface area contributed by atoms with E-state index in [1.165, 1.54) is 18.4 Å². The average molecular weight is 386 g/mol. The lowest BCUT2D eigenvalue weighted by molar-refractivity contribution is 0.0927. The summed E-state index contributed by atoms with van der Waals surface area (Å²) in [5, 5.41) is 9.09. The normalized spacial score (nSPS) is 11.8. The molecule has 8 nitrogen and oxygen atoms in total. The highest BCUT2D eigenvalue weighted by Gasteiger charge is 2.12. The van der Waals surface area contributed by atoms with Crippen LogP contribution >= 0.6 is 0 Å². The van der Waals surface area contributed by atoms with Gasteiger partial charge in [-0.05, 0) is 56.3 Å². The van der Waals surface area contributed by atoms with Gasteiger partial charge in [-0.2, -0.15) is 5.10 Å². The molecule has 0 fully saturated rings. The summed E-state index contributed by atoms with van der Waals surface area (Å²) < 4.78 is 29.7. The van der Waals surface area contributed by atoms with Crippen LogP contribution < -0.4 is 10.6 Å². The fourth-order valence-electron chi connectivity index (χ4n) is 2.72. The van der Waals surface area contributed by atoms with E-state index in [4.69, 9.17) is 9.56 Å². The Morgan fingerprint density at radius 2 is 1.93 bits per heavy atom. The molecular weight excluding hydrogens is 368 g/mol. The van der Waals surface area contributed by atoms with Gasteiger partial charge in [-0.1, -0.05) is 0 Å². The third kappa shape index (κ3) is 3.99. The lowest BCUT2D eigenvalue weighted by Gasteiger charge is -2.10. The number of rotatable bonds is 5. The minimum absolute atomic E-state index is 0.0520. The molecule has 3 N–H and O–H groups in total. The summed E-state index contributed by atoms with van der Waals surface area (Å²) in [6, 6.07) is 11.3. The third-order valence-corrected chi connectivity index (χ3v) is 4.94. The van der Waals surface area contributed by atoms with Gasteiger partial charge in [0.1, 0.15) is 0 Å². The summed E-state index contributed by atoms with van der Waals surface area (Å²) in [5.41, 5.74) is 5.80. The number of nitrogens with two attached hydrogens (primary N) is 1. The van der Waals surface area contributed by atoms with E-state index in [0.29, 0.717) is 0 Å². The first-order chi connectivity index (χ1) is 12.8. The fraction of sp³-hybridized carbons (Fsp3) is 0.111. The van der Waals surface area contributed by atoms with Gasteiger partial charge in [0.25, 0.3) is 0 Å². The van der Waals surface area contributed by atoms with Crippen LogP contribution in [0.1, 0.15) is 27.5 Å². The number of hydrogen-bond acceptors (Lipinski definition) is 5. The van der Waals surface area contributed by atoms with Crippen LogP contribution in [0.15, 0.2) is 63.1 Å². The summed E-state index contributed by atoms with van der Waals surface area (Å²) >= 11 is 0. The van der Waals surface area contributed by atoms with Crippen LogP contribution in [0.25, 0.3) is 5.69 Å². The minimum atomic E-state index is -3.73. The van der Waals surface area contributed by atoms with Crippen molar-refractivity contribution in [2.75, 3.05) is 0 Å². The van der Waals surface area contributed by atoms with Crippen molar-refractivity contribution in [2.24, 2.45) is 10.2 Å². The molecule has 0 atom stereocenters. The zero-order chi connectivity index (χ0) is 19.6. The number of nitrogens with zero attached hydrogens (tertiary/aromatic N) is 2. The summed E-state index contributed by atoms with van der Waals surface area (Å²) in [5.74, 6) is -0.267.